The first-order valence-electron chi connectivity index (χ1n) is 6.86. The Morgan fingerprint density at radius 3 is 2.16 bits per heavy atom. The van der Waals surface area contributed by atoms with E-state index < -0.39 is 0 Å². The molecule has 0 unspecified atom stereocenters. The molecule has 1 nitrogen and oxygen atoms in total. The molecule has 0 aliphatic rings. The molecule has 0 bridgehead atoms. The van der Waals surface area contributed by atoms with Gasteiger partial charge >= 0.3 is 0 Å². The van der Waals surface area contributed by atoms with Gasteiger partial charge in [0.1, 0.15) is 11.5 Å². The summed E-state index contributed by atoms with van der Waals surface area (Å²) >= 11 is 0. The van der Waals surface area contributed by atoms with Crippen molar-refractivity contribution in [3.05, 3.63) is 59.7 Å². The van der Waals surface area contributed by atoms with Gasteiger partial charge < -0.3 is 4.74 Å². The third-order valence-corrected chi connectivity index (χ3v) is 3.24. The molecule has 0 amide bonds. The number of hydrogen-bond donors (Lipinski definition) is 0. The van der Waals surface area contributed by atoms with Gasteiger partial charge in [0.25, 0.3) is 0 Å². The van der Waals surface area contributed by atoms with Crippen molar-refractivity contribution >= 4 is 0 Å². The van der Waals surface area contributed by atoms with E-state index in [0.29, 0.717) is 0 Å². The lowest BCUT2D eigenvalue weighted by atomic mass is 9.87. The van der Waals surface area contributed by atoms with Crippen molar-refractivity contribution in [1.29, 1.82) is 0 Å². The quantitative estimate of drug-likeness (QED) is 0.718. The molecular formula is C18H22O. The first kappa shape index (κ1) is 13.7. The van der Waals surface area contributed by atoms with E-state index in [-0.39, 0.29) is 5.41 Å². The predicted molar refractivity (Wildman–Crippen MR) is 81.0 cm³/mol. The highest BCUT2D eigenvalue weighted by Gasteiger charge is 2.14. The Labute approximate surface area is 116 Å². The molecule has 1 heteroatoms. The zero-order valence-corrected chi connectivity index (χ0v) is 12.2. The molecule has 0 saturated carbocycles. The molecule has 2 rings (SSSR count). The van der Waals surface area contributed by atoms with Crippen molar-refractivity contribution in [3.63, 3.8) is 0 Å². The van der Waals surface area contributed by atoms with Crippen LogP contribution in [0.4, 0.5) is 0 Å². The third kappa shape index (κ3) is 3.60. The Morgan fingerprint density at radius 2 is 1.53 bits per heavy atom. The van der Waals surface area contributed by atoms with Crippen LogP contribution in [0.1, 0.15) is 38.8 Å². The highest BCUT2D eigenvalue weighted by atomic mass is 16.5. The SMILES string of the molecule is CCc1cccc(Oc2cccc(C(C)(C)C)c2)c1. The smallest absolute Gasteiger partial charge is 0.127 e. The summed E-state index contributed by atoms with van der Waals surface area (Å²) in [4.78, 5) is 0. The summed E-state index contributed by atoms with van der Waals surface area (Å²) in [7, 11) is 0. The topological polar surface area (TPSA) is 9.23 Å². The van der Waals surface area contributed by atoms with Gasteiger partial charge in [-0.3, -0.25) is 0 Å². The number of ether oxygens (including phenoxy) is 1. The molecule has 0 aliphatic carbocycles. The van der Waals surface area contributed by atoms with Gasteiger partial charge in [0.2, 0.25) is 0 Å². The van der Waals surface area contributed by atoms with Crippen LogP contribution in [0.5, 0.6) is 11.5 Å². The van der Waals surface area contributed by atoms with Crippen LogP contribution >= 0.6 is 0 Å². The molecule has 0 spiro atoms. The Morgan fingerprint density at radius 1 is 0.895 bits per heavy atom. The summed E-state index contributed by atoms with van der Waals surface area (Å²) in [5.41, 5.74) is 2.73. The van der Waals surface area contributed by atoms with Gasteiger partial charge in [-0.1, -0.05) is 52.0 Å². The van der Waals surface area contributed by atoms with Gasteiger partial charge in [0, 0.05) is 0 Å². The lowest BCUT2D eigenvalue weighted by Gasteiger charge is -2.19. The second kappa shape index (κ2) is 5.48. The minimum atomic E-state index is 0.143. The number of aryl methyl sites for hydroxylation is 1. The van der Waals surface area contributed by atoms with Crippen molar-refractivity contribution in [2.75, 3.05) is 0 Å². The van der Waals surface area contributed by atoms with Gasteiger partial charge in [-0.05, 0) is 47.2 Å². The zero-order chi connectivity index (χ0) is 13.9. The van der Waals surface area contributed by atoms with E-state index in [2.05, 4.69) is 58.0 Å². The number of benzene rings is 2. The van der Waals surface area contributed by atoms with Crippen molar-refractivity contribution in [1.82, 2.24) is 0 Å². The minimum Gasteiger partial charge on any atom is -0.457 e. The Bertz CT molecular complexity index is 550. The van der Waals surface area contributed by atoms with Crippen molar-refractivity contribution in [3.8, 4) is 11.5 Å². The molecule has 0 N–H and O–H groups in total. The summed E-state index contributed by atoms with van der Waals surface area (Å²) in [6.07, 6.45) is 1.03. The molecule has 0 atom stereocenters. The van der Waals surface area contributed by atoms with E-state index in [4.69, 9.17) is 4.74 Å². The number of rotatable bonds is 3. The van der Waals surface area contributed by atoms with E-state index in [0.717, 1.165) is 17.9 Å². The molecule has 0 aromatic heterocycles. The standard InChI is InChI=1S/C18H22O/c1-5-14-8-6-10-16(12-14)19-17-11-7-9-15(13-17)18(2,3)4/h6-13H,5H2,1-4H3. The Kier molecular flexibility index (Phi) is 3.94. The average molecular weight is 254 g/mol. The first-order valence-corrected chi connectivity index (χ1v) is 6.86. The van der Waals surface area contributed by atoms with Crippen LogP contribution in [0.3, 0.4) is 0 Å². The Balaban J connectivity index is 2.23. The summed E-state index contributed by atoms with van der Waals surface area (Å²) in [5, 5.41) is 0. The van der Waals surface area contributed by atoms with Gasteiger partial charge in [-0.2, -0.15) is 0 Å². The molecule has 0 saturated heterocycles. The molecule has 0 fully saturated rings. The van der Waals surface area contributed by atoms with Crippen LogP contribution in [0.25, 0.3) is 0 Å². The molecule has 2 aromatic carbocycles. The van der Waals surface area contributed by atoms with Crippen LogP contribution in [-0.2, 0) is 11.8 Å². The van der Waals surface area contributed by atoms with E-state index in [1.807, 2.05) is 18.2 Å². The van der Waals surface area contributed by atoms with Crippen molar-refractivity contribution < 1.29 is 4.74 Å². The summed E-state index contributed by atoms with van der Waals surface area (Å²) < 4.78 is 5.96. The Hall–Kier alpha value is -1.76. The minimum absolute atomic E-state index is 0.143. The monoisotopic (exact) mass is 254 g/mol. The highest BCUT2D eigenvalue weighted by Crippen LogP contribution is 2.28. The van der Waals surface area contributed by atoms with Gasteiger partial charge in [-0.25, -0.2) is 0 Å². The fourth-order valence-electron chi connectivity index (χ4n) is 1.99. The fraction of sp³-hybridized carbons (Fsp3) is 0.333. The summed E-state index contributed by atoms with van der Waals surface area (Å²) in [6.45, 7) is 8.79. The lowest BCUT2D eigenvalue weighted by Crippen LogP contribution is -2.10. The van der Waals surface area contributed by atoms with Crippen LogP contribution in [-0.4, -0.2) is 0 Å². The molecule has 0 aliphatic heterocycles. The molecular weight excluding hydrogens is 232 g/mol. The van der Waals surface area contributed by atoms with Crippen LogP contribution in [0, 0.1) is 0 Å². The van der Waals surface area contributed by atoms with E-state index >= 15 is 0 Å². The van der Waals surface area contributed by atoms with Crippen LogP contribution in [0.15, 0.2) is 48.5 Å². The van der Waals surface area contributed by atoms with Crippen LogP contribution < -0.4 is 4.74 Å². The van der Waals surface area contributed by atoms with Crippen LogP contribution in [0.2, 0.25) is 0 Å². The summed E-state index contributed by atoms with van der Waals surface area (Å²) in [6, 6.07) is 16.6. The number of hydrogen-bond acceptors (Lipinski definition) is 1. The van der Waals surface area contributed by atoms with Gasteiger partial charge in [0.15, 0.2) is 0 Å². The summed E-state index contributed by atoms with van der Waals surface area (Å²) in [5.74, 6) is 1.81. The van der Waals surface area contributed by atoms with Gasteiger partial charge in [-0.15, -0.1) is 0 Å². The maximum absolute atomic E-state index is 5.96. The maximum Gasteiger partial charge on any atom is 0.127 e. The fourth-order valence-corrected chi connectivity index (χ4v) is 1.99. The largest absolute Gasteiger partial charge is 0.457 e. The molecule has 100 valence electrons. The van der Waals surface area contributed by atoms with Crippen molar-refractivity contribution in [2.24, 2.45) is 0 Å². The van der Waals surface area contributed by atoms with Crippen molar-refractivity contribution in [2.45, 2.75) is 39.5 Å². The normalized spacial score (nSPS) is 11.4. The highest BCUT2D eigenvalue weighted by molar-refractivity contribution is 5.37. The molecule has 19 heavy (non-hydrogen) atoms. The first-order chi connectivity index (χ1) is 8.99. The van der Waals surface area contributed by atoms with Gasteiger partial charge in [0.05, 0.1) is 0 Å². The third-order valence-electron chi connectivity index (χ3n) is 3.24. The molecule has 0 heterocycles. The second-order valence-corrected chi connectivity index (χ2v) is 5.88. The second-order valence-electron chi connectivity index (χ2n) is 5.88. The average Bonchev–Trinajstić information content (AvgIpc) is 2.38. The van der Waals surface area contributed by atoms with E-state index in [1.165, 1.54) is 11.1 Å². The molecule has 0 radical (unpaired) electrons. The van der Waals surface area contributed by atoms with E-state index in [1.54, 1.807) is 0 Å². The molecule has 2 aromatic rings. The zero-order valence-electron chi connectivity index (χ0n) is 12.2. The maximum atomic E-state index is 5.96. The van der Waals surface area contributed by atoms with E-state index in [9.17, 15) is 0 Å². The lowest BCUT2D eigenvalue weighted by molar-refractivity contribution is 0.478. The predicted octanol–water partition coefficient (Wildman–Crippen LogP) is 5.34.